The molecule has 3 rings (SSSR count). The van der Waals surface area contributed by atoms with Gasteiger partial charge >= 0.3 is 0 Å². The van der Waals surface area contributed by atoms with Gasteiger partial charge in [0.05, 0.1) is 22.2 Å². The van der Waals surface area contributed by atoms with Crippen LogP contribution in [0.2, 0.25) is 0 Å². The summed E-state index contributed by atoms with van der Waals surface area (Å²) in [5, 5.41) is 11.0. The number of nitrogens with zero attached hydrogens (tertiary/aromatic N) is 3. The molecule has 1 aromatic heterocycles. The summed E-state index contributed by atoms with van der Waals surface area (Å²) in [6, 6.07) is 12.4. The predicted octanol–water partition coefficient (Wildman–Crippen LogP) is 4.25. The lowest BCUT2D eigenvalue weighted by Gasteiger charge is -2.02. The van der Waals surface area contributed by atoms with Gasteiger partial charge in [-0.1, -0.05) is 11.3 Å². The number of methoxy groups -OCH3 is 1. The van der Waals surface area contributed by atoms with Crippen molar-refractivity contribution in [3.05, 3.63) is 57.4 Å². The molecule has 7 nitrogen and oxygen atoms in total. The predicted molar refractivity (Wildman–Crippen MR) is 111 cm³/mol. The zero-order valence-electron chi connectivity index (χ0n) is 15.5. The summed E-state index contributed by atoms with van der Waals surface area (Å²) in [6.45, 7) is 2.58. The molecule has 0 bridgehead atoms. The highest BCUT2D eigenvalue weighted by atomic mass is 32.2. The lowest BCUT2D eigenvalue weighted by molar-refractivity contribution is -0.384. The average Bonchev–Trinajstić information content (AvgIpc) is 3.04. The quantitative estimate of drug-likeness (QED) is 0.326. The van der Waals surface area contributed by atoms with Gasteiger partial charge in [0.25, 0.3) is 5.69 Å². The molecule has 0 spiro atoms. The number of benzene rings is 2. The van der Waals surface area contributed by atoms with E-state index in [1.807, 2.05) is 35.8 Å². The maximum absolute atomic E-state index is 12.3. The van der Waals surface area contributed by atoms with Crippen LogP contribution in [0.3, 0.4) is 0 Å². The molecule has 0 aliphatic rings. The Balaban J connectivity index is 1.73. The first-order chi connectivity index (χ1) is 13.5. The van der Waals surface area contributed by atoms with E-state index in [0.717, 1.165) is 20.9 Å². The molecule has 0 aliphatic heterocycles. The molecular weight excluding hydrogens is 398 g/mol. The SMILES string of the molecule is CCn1c(=NC(=O)CCSc2ccc(OC)cc2)sc2cc([N+](=O)[O-])ccc21. The van der Waals surface area contributed by atoms with Crippen molar-refractivity contribution >= 4 is 44.9 Å². The summed E-state index contributed by atoms with van der Waals surface area (Å²) in [4.78, 5) is 28.7. The molecule has 2 aromatic carbocycles. The van der Waals surface area contributed by atoms with Crippen LogP contribution in [0.5, 0.6) is 5.75 Å². The van der Waals surface area contributed by atoms with Gasteiger partial charge in [0.15, 0.2) is 4.80 Å². The number of hydrogen-bond acceptors (Lipinski definition) is 6. The van der Waals surface area contributed by atoms with Crippen LogP contribution < -0.4 is 9.54 Å². The highest BCUT2D eigenvalue weighted by Gasteiger charge is 2.12. The van der Waals surface area contributed by atoms with E-state index < -0.39 is 4.92 Å². The van der Waals surface area contributed by atoms with E-state index in [0.29, 0.717) is 23.5 Å². The van der Waals surface area contributed by atoms with Gasteiger partial charge in [0.1, 0.15) is 5.75 Å². The Bertz CT molecular complexity index is 1070. The Morgan fingerprint density at radius 3 is 2.68 bits per heavy atom. The van der Waals surface area contributed by atoms with Crippen molar-refractivity contribution in [1.29, 1.82) is 0 Å². The van der Waals surface area contributed by atoms with E-state index in [1.165, 1.54) is 23.5 Å². The van der Waals surface area contributed by atoms with Crippen LogP contribution in [0.25, 0.3) is 10.2 Å². The molecule has 0 unspecified atom stereocenters. The van der Waals surface area contributed by atoms with Crippen molar-refractivity contribution in [3.8, 4) is 5.75 Å². The van der Waals surface area contributed by atoms with Gasteiger partial charge in [0, 0.05) is 35.7 Å². The third kappa shape index (κ3) is 4.60. The average molecular weight is 418 g/mol. The molecule has 3 aromatic rings. The van der Waals surface area contributed by atoms with Crippen molar-refractivity contribution in [2.45, 2.75) is 24.8 Å². The number of ether oxygens (including phenoxy) is 1. The smallest absolute Gasteiger partial charge is 0.270 e. The second-order valence-electron chi connectivity index (χ2n) is 5.82. The molecule has 0 atom stereocenters. The molecule has 0 saturated carbocycles. The van der Waals surface area contributed by atoms with Crippen molar-refractivity contribution in [2.75, 3.05) is 12.9 Å². The molecule has 0 aliphatic carbocycles. The number of amides is 1. The Morgan fingerprint density at radius 2 is 2.04 bits per heavy atom. The summed E-state index contributed by atoms with van der Waals surface area (Å²) >= 11 is 2.88. The Morgan fingerprint density at radius 1 is 1.29 bits per heavy atom. The zero-order valence-corrected chi connectivity index (χ0v) is 17.1. The highest BCUT2D eigenvalue weighted by molar-refractivity contribution is 7.99. The maximum atomic E-state index is 12.3. The number of rotatable bonds is 7. The highest BCUT2D eigenvalue weighted by Crippen LogP contribution is 2.24. The Hall–Kier alpha value is -2.65. The fourth-order valence-corrected chi connectivity index (χ4v) is 4.64. The number of carbonyl (C=O) groups excluding carboxylic acids is 1. The number of thioether (sulfide) groups is 1. The molecule has 0 fully saturated rings. The number of thiazole rings is 1. The number of aromatic nitrogens is 1. The standard InChI is InChI=1S/C19H19N3O4S2/c1-3-21-16-9-4-13(22(24)25)12-17(16)28-19(21)20-18(23)10-11-27-15-7-5-14(26-2)6-8-15/h4-9,12H,3,10-11H2,1-2H3. The summed E-state index contributed by atoms with van der Waals surface area (Å²) in [5.41, 5.74) is 0.878. The number of aryl methyl sites for hydroxylation is 1. The Kier molecular flexibility index (Phi) is 6.48. The van der Waals surface area contributed by atoms with E-state index in [9.17, 15) is 14.9 Å². The Labute approximate surface area is 169 Å². The largest absolute Gasteiger partial charge is 0.497 e. The second kappa shape index (κ2) is 9.03. The monoisotopic (exact) mass is 417 g/mol. The van der Waals surface area contributed by atoms with Crippen LogP contribution >= 0.6 is 23.1 Å². The van der Waals surface area contributed by atoms with Gasteiger partial charge in [-0.15, -0.1) is 11.8 Å². The van der Waals surface area contributed by atoms with Crippen molar-refractivity contribution in [2.24, 2.45) is 4.99 Å². The number of fused-ring (bicyclic) bond motifs is 1. The van der Waals surface area contributed by atoms with Crippen LogP contribution in [0, 0.1) is 10.1 Å². The zero-order chi connectivity index (χ0) is 20.1. The van der Waals surface area contributed by atoms with Crippen LogP contribution in [-0.4, -0.2) is 28.3 Å². The fourth-order valence-electron chi connectivity index (χ4n) is 2.66. The number of hydrogen-bond donors (Lipinski definition) is 0. The molecule has 0 saturated heterocycles. The van der Waals surface area contributed by atoms with E-state index in [-0.39, 0.29) is 11.6 Å². The molecule has 146 valence electrons. The lowest BCUT2D eigenvalue weighted by Crippen LogP contribution is -2.15. The van der Waals surface area contributed by atoms with Crippen LogP contribution in [-0.2, 0) is 11.3 Å². The van der Waals surface area contributed by atoms with Gasteiger partial charge in [0.2, 0.25) is 5.91 Å². The molecular formula is C19H19N3O4S2. The minimum atomic E-state index is -0.423. The summed E-state index contributed by atoms with van der Waals surface area (Å²) in [5.74, 6) is 1.21. The fraction of sp³-hybridized carbons (Fsp3) is 0.263. The van der Waals surface area contributed by atoms with Crippen LogP contribution in [0.15, 0.2) is 52.4 Å². The van der Waals surface area contributed by atoms with E-state index >= 15 is 0 Å². The minimum absolute atomic E-state index is 0.0331. The molecule has 9 heteroatoms. The first kappa shape index (κ1) is 20.1. The summed E-state index contributed by atoms with van der Waals surface area (Å²) < 4.78 is 7.78. The number of nitro benzene ring substituents is 1. The van der Waals surface area contributed by atoms with Crippen molar-refractivity contribution < 1.29 is 14.5 Å². The second-order valence-corrected chi connectivity index (χ2v) is 7.99. The molecule has 0 N–H and O–H groups in total. The van der Waals surface area contributed by atoms with Crippen LogP contribution in [0.1, 0.15) is 13.3 Å². The van der Waals surface area contributed by atoms with Gasteiger partial charge < -0.3 is 9.30 Å². The van der Waals surface area contributed by atoms with Crippen LogP contribution in [0.4, 0.5) is 5.69 Å². The van der Waals surface area contributed by atoms with E-state index in [1.54, 1.807) is 24.9 Å². The van der Waals surface area contributed by atoms with Crippen molar-refractivity contribution in [1.82, 2.24) is 4.57 Å². The van der Waals surface area contributed by atoms with Gasteiger partial charge in [-0.3, -0.25) is 14.9 Å². The number of non-ortho nitro benzene ring substituents is 1. The van der Waals surface area contributed by atoms with E-state index in [4.69, 9.17) is 4.74 Å². The number of nitro groups is 1. The number of carbonyl (C=O) groups is 1. The lowest BCUT2D eigenvalue weighted by atomic mass is 10.3. The molecule has 1 amide bonds. The maximum Gasteiger partial charge on any atom is 0.270 e. The van der Waals surface area contributed by atoms with E-state index in [2.05, 4.69) is 4.99 Å². The first-order valence-corrected chi connectivity index (χ1v) is 10.4. The van der Waals surface area contributed by atoms with Gasteiger partial charge in [-0.2, -0.15) is 4.99 Å². The summed E-state index contributed by atoms with van der Waals surface area (Å²) in [6.07, 6.45) is 0.314. The van der Waals surface area contributed by atoms with Gasteiger partial charge in [-0.25, -0.2) is 0 Å². The normalized spacial score (nSPS) is 11.7. The first-order valence-electron chi connectivity index (χ1n) is 8.64. The topological polar surface area (TPSA) is 86.7 Å². The third-order valence-electron chi connectivity index (χ3n) is 4.06. The van der Waals surface area contributed by atoms with Crippen molar-refractivity contribution in [3.63, 3.8) is 0 Å². The van der Waals surface area contributed by atoms with Gasteiger partial charge in [-0.05, 0) is 37.3 Å². The third-order valence-corrected chi connectivity index (χ3v) is 6.11. The molecule has 1 heterocycles. The molecule has 0 radical (unpaired) electrons. The summed E-state index contributed by atoms with van der Waals surface area (Å²) in [7, 11) is 1.62. The molecule has 28 heavy (non-hydrogen) atoms. The minimum Gasteiger partial charge on any atom is -0.497 e.